The third-order valence-corrected chi connectivity index (χ3v) is 11.6. The van der Waals surface area contributed by atoms with E-state index in [-0.39, 0.29) is 22.5 Å². The van der Waals surface area contributed by atoms with Crippen LogP contribution in [0.5, 0.6) is 0 Å². The SMILES string of the molecule is O=C1NCCc2sc(-c3ccc(S(=O)(=O)C4CCC(Nc5ccc(S(F)(F)(F)(F)F)cc5)CC4)cc3)cc21. The minimum Gasteiger partial charge on any atom is -0.382 e. The van der Waals surface area contributed by atoms with E-state index in [1.165, 1.54) is 11.3 Å². The van der Waals surface area contributed by atoms with Crippen LogP contribution >= 0.6 is 21.6 Å². The minimum atomic E-state index is -9.72. The molecule has 1 aromatic heterocycles. The molecule has 0 radical (unpaired) electrons. The monoisotopic (exact) mass is 592 g/mol. The predicted molar refractivity (Wildman–Crippen MR) is 140 cm³/mol. The molecule has 3 aromatic rings. The maximum atomic E-state index is 13.2. The van der Waals surface area contributed by atoms with Crippen LogP contribution in [0.15, 0.2) is 64.4 Å². The van der Waals surface area contributed by atoms with Gasteiger partial charge in [0, 0.05) is 28.0 Å². The lowest BCUT2D eigenvalue weighted by Gasteiger charge is -2.40. The van der Waals surface area contributed by atoms with Crippen LogP contribution in [-0.2, 0) is 16.3 Å². The van der Waals surface area contributed by atoms with Crippen LogP contribution in [0.2, 0.25) is 0 Å². The fourth-order valence-electron chi connectivity index (χ4n) is 4.90. The number of rotatable bonds is 6. The second-order valence-electron chi connectivity index (χ2n) is 9.63. The molecule has 1 fully saturated rings. The molecule has 2 aromatic carbocycles. The van der Waals surface area contributed by atoms with E-state index in [0.717, 1.165) is 33.9 Å². The maximum Gasteiger partial charge on any atom is 0.310 e. The van der Waals surface area contributed by atoms with Crippen molar-refractivity contribution >= 4 is 43.0 Å². The van der Waals surface area contributed by atoms with Crippen molar-refractivity contribution in [2.45, 2.75) is 53.2 Å². The molecule has 38 heavy (non-hydrogen) atoms. The first-order chi connectivity index (χ1) is 17.6. The zero-order chi connectivity index (χ0) is 27.4. The van der Waals surface area contributed by atoms with Crippen molar-refractivity contribution in [3.05, 3.63) is 65.0 Å². The van der Waals surface area contributed by atoms with Crippen molar-refractivity contribution in [1.29, 1.82) is 0 Å². The Morgan fingerprint density at radius 3 is 2.11 bits per heavy atom. The van der Waals surface area contributed by atoms with Gasteiger partial charge in [0.2, 0.25) is 0 Å². The Morgan fingerprint density at radius 2 is 1.53 bits per heavy atom. The summed E-state index contributed by atoms with van der Waals surface area (Å²) in [4.78, 5) is 12.2. The molecule has 5 nitrogen and oxygen atoms in total. The summed E-state index contributed by atoms with van der Waals surface area (Å²) < 4.78 is 91.1. The van der Waals surface area contributed by atoms with E-state index in [1.807, 2.05) is 6.07 Å². The smallest absolute Gasteiger partial charge is 0.310 e. The van der Waals surface area contributed by atoms with E-state index in [4.69, 9.17) is 0 Å². The van der Waals surface area contributed by atoms with E-state index >= 15 is 0 Å². The first-order valence-corrected chi connectivity index (χ1v) is 16.3. The van der Waals surface area contributed by atoms with Crippen LogP contribution in [0.1, 0.15) is 40.9 Å². The van der Waals surface area contributed by atoms with Gasteiger partial charge in [-0.3, -0.25) is 4.79 Å². The quantitative estimate of drug-likeness (QED) is 0.290. The number of carbonyl (C=O) groups is 1. The van der Waals surface area contributed by atoms with Gasteiger partial charge in [-0.15, -0.1) is 11.3 Å². The normalized spacial score (nSPS) is 22.1. The number of hydrogen-bond acceptors (Lipinski definition) is 5. The average molecular weight is 593 g/mol. The molecule has 0 spiro atoms. The third-order valence-electron chi connectivity index (χ3n) is 6.94. The number of sulfone groups is 1. The molecule has 2 heterocycles. The second kappa shape index (κ2) is 8.68. The maximum absolute atomic E-state index is 13.2. The van der Waals surface area contributed by atoms with Gasteiger partial charge in [0.25, 0.3) is 5.91 Å². The highest BCUT2D eigenvalue weighted by Crippen LogP contribution is 3.02. The largest absolute Gasteiger partial charge is 0.382 e. The summed E-state index contributed by atoms with van der Waals surface area (Å²) >= 11 is 1.53. The first-order valence-electron chi connectivity index (χ1n) is 12.0. The van der Waals surface area contributed by atoms with Crippen LogP contribution in [0, 0.1) is 0 Å². The van der Waals surface area contributed by atoms with Gasteiger partial charge < -0.3 is 10.6 Å². The molecule has 1 aliphatic heterocycles. The Kier molecular flexibility index (Phi) is 6.16. The van der Waals surface area contributed by atoms with Crippen LogP contribution in [0.3, 0.4) is 0 Å². The van der Waals surface area contributed by atoms with Crippen LogP contribution in [-0.4, -0.2) is 32.2 Å². The number of amides is 1. The molecule has 13 heteroatoms. The second-order valence-corrected chi connectivity index (χ2v) is 15.4. The first kappa shape index (κ1) is 26.9. The molecule has 1 saturated carbocycles. The number of halogens is 5. The van der Waals surface area contributed by atoms with Crippen molar-refractivity contribution in [2.24, 2.45) is 0 Å². The number of hydrogen-bond donors (Lipinski definition) is 2. The molecule has 1 aliphatic carbocycles. The van der Waals surface area contributed by atoms with Crippen LogP contribution < -0.4 is 10.6 Å². The highest BCUT2D eigenvalue weighted by Gasteiger charge is 2.65. The average Bonchev–Trinajstić information content (AvgIpc) is 3.29. The van der Waals surface area contributed by atoms with Gasteiger partial charge in [-0.2, -0.15) is 0 Å². The van der Waals surface area contributed by atoms with Gasteiger partial charge in [0.05, 0.1) is 15.7 Å². The number of fused-ring (bicyclic) bond motifs is 1. The number of benzene rings is 2. The third kappa shape index (κ3) is 5.55. The van der Waals surface area contributed by atoms with E-state index in [0.29, 0.717) is 49.9 Å². The van der Waals surface area contributed by atoms with Gasteiger partial charge >= 0.3 is 10.2 Å². The number of anilines is 1. The number of nitrogens with one attached hydrogen (secondary N) is 2. The molecule has 0 saturated heterocycles. The van der Waals surface area contributed by atoms with Crippen LogP contribution in [0.25, 0.3) is 10.4 Å². The number of carbonyl (C=O) groups excluding carboxylic acids is 1. The summed E-state index contributed by atoms with van der Waals surface area (Å²) in [5, 5.41) is 5.24. The topological polar surface area (TPSA) is 75.3 Å². The lowest BCUT2D eigenvalue weighted by molar-refractivity contribution is 0.0947. The van der Waals surface area contributed by atoms with Gasteiger partial charge in [0.1, 0.15) is 4.90 Å². The molecule has 0 atom stereocenters. The standard InChI is InChI=1S/C25H25F5N2O3S3/c26-38(27,28,29,30)21-11-5-18(6-12-21)32-17-3-9-20(10-4-17)37(34,35)19-7-1-16(2-8-19)24-15-22-23(36-24)13-14-31-25(22)33/h1-2,5-8,11-12,15,17,20,32H,3-4,9-10,13-14H2,(H,31,33). The van der Waals surface area contributed by atoms with E-state index in [1.54, 1.807) is 24.3 Å². The molecule has 5 rings (SSSR count). The molecular formula is C25H25F5N2O3S3. The van der Waals surface area contributed by atoms with Crippen molar-refractivity contribution in [3.63, 3.8) is 0 Å². The van der Waals surface area contributed by atoms with Crippen molar-refractivity contribution < 1.29 is 32.6 Å². The summed E-state index contributed by atoms with van der Waals surface area (Å²) in [6.07, 6.45) is 2.42. The van der Waals surface area contributed by atoms with Gasteiger partial charge in [-0.05, 0) is 80.1 Å². The molecule has 2 N–H and O–H groups in total. The summed E-state index contributed by atoms with van der Waals surface area (Å²) in [6, 6.07) is 10.9. The zero-order valence-electron chi connectivity index (χ0n) is 19.9. The summed E-state index contributed by atoms with van der Waals surface area (Å²) in [6.45, 7) is 0.602. The zero-order valence-corrected chi connectivity index (χ0v) is 22.4. The van der Waals surface area contributed by atoms with Crippen molar-refractivity contribution in [2.75, 3.05) is 11.9 Å². The molecule has 2 aliphatic rings. The Morgan fingerprint density at radius 1 is 0.895 bits per heavy atom. The lowest BCUT2D eigenvalue weighted by atomic mass is 9.95. The van der Waals surface area contributed by atoms with E-state index in [2.05, 4.69) is 10.6 Å². The fraction of sp³-hybridized carbons (Fsp3) is 0.320. The van der Waals surface area contributed by atoms with Crippen molar-refractivity contribution in [1.82, 2.24) is 5.32 Å². The van der Waals surface area contributed by atoms with Crippen molar-refractivity contribution in [3.8, 4) is 10.4 Å². The minimum absolute atomic E-state index is 0.0981. The summed E-state index contributed by atoms with van der Waals surface area (Å²) in [7, 11) is -13.3. The molecule has 0 unspecified atom stereocenters. The van der Waals surface area contributed by atoms with Gasteiger partial charge in [-0.1, -0.05) is 31.6 Å². The van der Waals surface area contributed by atoms with Gasteiger partial charge in [0.15, 0.2) is 9.84 Å². The Bertz CT molecular complexity index is 1480. The highest BCUT2D eigenvalue weighted by molar-refractivity contribution is 8.45. The van der Waals surface area contributed by atoms with Crippen LogP contribution in [0.4, 0.5) is 25.1 Å². The number of thiophene rings is 1. The lowest BCUT2D eigenvalue weighted by Crippen LogP contribution is -2.32. The molecule has 206 valence electrons. The predicted octanol–water partition coefficient (Wildman–Crippen LogP) is 7.56. The van der Waals surface area contributed by atoms with Gasteiger partial charge in [-0.25, -0.2) is 8.42 Å². The summed E-state index contributed by atoms with van der Waals surface area (Å²) in [5.74, 6) is -0.0981. The fourth-order valence-corrected chi connectivity index (χ4v) is 8.50. The van der Waals surface area contributed by atoms with E-state index < -0.39 is 30.2 Å². The Labute approximate surface area is 221 Å². The Balaban J connectivity index is 1.21. The van der Waals surface area contributed by atoms with E-state index in [9.17, 15) is 32.6 Å². The Hall–Kier alpha value is -2.64. The molecular weight excluding hydrogens is 567 g/mol. The molecule has 1 amide bonds. The summed E-state index contributed by atoms with van der Waals surface area (Å²) in [5.41, 5.74) is 1.76. The molecule has 0 bridgehead atoms. The highest BCUT2D eigenvalue weighted by atomic mass is 32.5.